The second kappa shape index (κ2) is 6.87. The van der Waals surface area contributed by atoms with Gasteiger partial charge in [-0.2, -0.15) is 0 Å². The summed E-state index contributed by atoms with van der Waals surface area (Å²) in [6.07, 6.45) is 0.753. The Morgan fingerprint density at radius 1 is 1.38 bits per heavy atom. The van der Waals surface area contributed by atoms with E-state index in [0.717, 1.165) is 22.6 Å². The van der Waals surface area contributed by atoms with Crippen molar-refractivity contribution in [2.75, 3.05) is 6.61 Å². The molecule has 0 bridgehead atoms. The topological polar surface area (TPSA) is 57.2 Å². The Bertz CT molecular complexity index is 704. The lowest BCUT2D eigenvalue weighted by atomic mass is 10.2. The highest BCUT2D eigenvalue weighted by molar-refractivity contribution is 7.80. The smallest absolute Gasteiger partial charge is 0.307 e. The third-order valence-corrected chi connectivity index (χ3v) is 4.53. The number of aromatic nitrogens is 1. The van der Waals surface area contributed by atoms with Gasteiger partial charge in [0.1, 0.15) is 10.7 Å². The molecule has 0 aliphatic carbocycles. The average Bonchev–Trinajstić information content (AvgIpc) is 2.69. The number of thiocarbonyl (C=S) groups is 1. The van der Waals surface area contributed by atoms with Gasteiger partial charge >= 0.3 is 4.87 Å². The van der Waals surface area contributed by atoms with E-state index in [4.69, 9.17) is 22.7 Å². The molecule has 1 heterocycles. The molecule has 1 aromatic heterocycles. The van der Waals surface area contributed by atoms with E-state index >= 15 is 0 Å². The van der Waals surface area contributed by atoms with E-state index in [1.807, 2.05) is 38.1 Å². The molecule has 4 nitrogen and oxygen atoms in total. The fourth-order valence-corrected chi connectivity index (χ4v) is 3.07. The lowest BCUT2D eigenvalue weighted by Gasteiger charge is -2.11. The first-order valence-corrected chi connectivity index (χ1v) is 7.91. The van der Waals surface area contributed by atoms with Crippen LogP contribution in [0.2, 0.25) is 0 Å². The van der Waals surface area contributed by atoms with Crippen LogP contribution in [0.25, 0.3) is 0 Å². The molecule has 112 valence electrons. The molecule has 0 atom stereocenters. The van der Waals surface area contributed by atoms with Gasteiger partial charge in [0.2, 0.25) is 0 Å². The zero-order chi connectivity index (χ0) is 15.4. The van der Waals surface area contributed by atoms with E-state index in [2.05, 4.69) is 0 Å². The first-order valence-electron chi connectivity index (χ1n) is 6.69. The van der Waals surface area contributed by atoms with E-state index < -0.39 is 0 Å². The second-order valence-electron chi connectivity index (χ2n) is 4.72. The number of nitrogens with zero attached hydrogens (tertiary/aromatic N) is 1. The van der Waals surface area contributed by atoms with Gasteiger partial charge in [-0.15, -0.1) is 0 Å². The van der Waals surface area contributed by atoms with Crippen molar-refractivity contribution < 1.29 is 4.74 Å². The zero-order valence-electron chi connectivity index (χ0n) is 12.1. The minimum absolute atomic E-state index is 0.0912. The molecule has 2 aromatic rings. The van der Waals surface area contributed by atoms with Crippen molar-refractivity contribution in [3.05, 3.63) is 50.1 Å². The number of benzene rings is 1. The molecule has 21 heavy (non-hydrogen) atoms. The predicted molar refractivity (Wildman–Crippen MR) is 90.5 cm³/mol. The van der Waals surface area contributed by atoms with Gasteiger partial charge in [0, 0.05) is 17.1 Å². The molecular formula is C15H18N2O2S2. The lowest BCUT2D eigenvalue weighted by molar-refractivity contribution is 0.300. The third-order valence-electron chi connectivity index (χ3n) is 3.31. The molecule has 2 rings (SSSR count). The fourth-order valence-electron chi connectivity index (χ4n) is 2.05. The van der Waals surface area contributed by atoms with Crippen LogP contribution in [0, 0.1) is 13.8 Å². The van der Waals surface area contributed by atoms with Crippen LogP contribution in [0.4, 0.5) is 0 Å². The number of ether oxygens (including phenoxy) is 1. The minimum atomic E-state index is 0.0912. The van der Waals surface area contributed by atoms with Crippen LogP contribution in [0.5, 0.6) is 5.75 Å². The summed E-state index contributed by atoms with van der Waals surface area (Å²) in [5.74, 6) is 0.690. The van der Waals surface area contributed by atoms with Crippen molar-refractivity contribution >= 4 is 28.5 Å². The molecule has 0 aliphatic rings. The summed E-state index contributed by atoms with van der Waals surface area (Å²) in [7, 11) is 0. The third kappa shape index (κ3) is 3.71. The summed E-state index contributed by atoms with van der Waals surface area (Å²) < 4.78 is 7.52. The van der Waals surface area contributed by atoms with Gasteiger partial charge in [-0.25, -0.2) is 0 Å². The molecule has 0 saturated carbocycles. The second-order valence-corrected chi connectivity index (χ2v) is 6.33. The molecule has 0 spiro atoms. The molecular weight excluding hydrogens is 304 g/mol. The SMILES string of the molecule is Cc1sc(=O)n(CCCOc2ccccc2C(N)=S)c1C. The molecule has 0 fully saturated rings. The van der Waals surface area contributed by atoms with Crippen molar-refractivity contribution in [2.24, 2.45) is 5.73 Å². The molecule has 2 N–H and O–H groups in total. The molecule has 6 heteroatoms. The fraction of sp³-hybridized carbons (Fsp3) is 0.333. The van der Waals surface area contributed by atoms with E-state index in [1.54, 1.807) is 4.57 Å². The Morgan fingerprint density at radius 2 is 2.10 bits per heavy atom. The molecule has 0 unspecified atom stereocenters. The van der Waals surface area contributed by atoms with Crippen LogP contribution in [0.3, 0.4) is 0 Å². The summed E-state index contributed by atoms with van der Waals surface area (Å²) in [6, 6.07) is 7.45. The quantitative estimate of drug-likeness (QED) is 0.656. The van der Waals surface area contributed by atoms with Crippen LogP contribution in [-0.4, -0.2) is 16.2 Å². The van der Waals surface area contributed by atoms with Crippen molar-refractivity contribution in [3.8, 4) is 5.75 Å². The number of nitrogens with two attached hydrogens (primary N) is 1. The number of aryl methyl sites for hydroxylation is 1. The summed E-state index contributed by atoms with van der Waals surface area (Å²) in [4.78, 5) is 13.3. The maximum Gasteiger partial charge on any atom is 0.307 e. The molecule has 0 saturated heterocycles. The Balaban J connectivity index is 1.94. The first kappa shape index (κ1) is 15.7. The van der Waals surface area contributed by atoms with Gasteiger partial charge in [-0.05, 0) is 32.4 Å². The lowest BCUT2D eigenvalue weighted by Crippen LogP contribution is -2.17. The summed E-state index contributed by atoms with van der Waals surface area (Å²) in [6.45, 7) is 5.10. The highest BCUT2D eigenvalue weighted by atomic mass is 32.1. The Kier molecular flexibility index (Phi) is 5.14. The number of rotatable bonds is 6. The number of thiazole rings is 1. The number of para-hydroxylation sites is 1. The van der Waals surface area contributed by atoms with E-state index in [9.17, 15) is 4.79 Å². The van der Waals surface area contributed by atoms with E-state index in [1.165, 1.54) is 11.3 Å². The molecule has 0 radical (unpaired) electrons. The van der Waals surface area contributed by atoms with Gasteiger partial charge in [-0.1, -0.05) is 35.7 Å². The summed E-state index contributed by atoms with van der Waals surface area (Å²) in [5, 5.41) is 0. The molecule has 0 amide bonds. The largest absolute Gasteiger partial charge is 0.493 e. The van der Waals surface area contributed by atoms with Crippen LogP contribution < -0.4 is 15.3 Å². The van der Waals surface area contributed by atoms with Crippen LogP contribution >= 0.6 is 23.6 Å². The van der Waals surface area contributed by atoms with Gasteiger partial charge in [0.25, 0.3) is 0 Å². The Morgan fingerprint density at radius 3 is 2.71 bits per heavy atom. The van der Waals surface area contributed by atoms with Crippen molar-refractivity contribution in [1.82, 2.24) is 4.57 Å². The molecule has 0 aliphatic heterocycles. The van der Waals surface area contributed by atoms with E-state index in [0.29, 0.717) is 23.9 Å². The van der Waals surface area contributed by atoms with Crippen LogP contribution in [0.15, 0.2) is 29.1 Å². The standard InChI is InChI=1S/C15H18N2O2S2/c1-10-11(2)21-15(18)17(10)8-5-9-19-13-7-4-3-6-12(13)14(16)20/h3-4,6-7H,5,8-9H2,1-2H3,(H2,16,20). The van der Waals surface area contributed by atoms with E-state index in [-0.39, 0.29) is 4.87 Å². The first-order chi connectivity index (χ1) is 10.0. The van der Waals surface area contributed by atoms with Crippen molar-refractivity contribution in [2.45, 2.75) is 26.8 Å². The maximum atomic E-state index is 11.8. The van der Waals surface area contributed by atoms with Crippen LogP contribution in [0.1, 0.15) is 22.6 Å². The van der Waals surface area contributed by atoms with Gasteiger partial charge < -0.3 is 15.0 Å². The zero-order valence-corrected chi connectivity index (χ0v) is 13.7. The normalized spacial score (nSPS) is 10.6. The predicted octanol–water partition coefficient (Wildman–Crippen LogP) is 2.63. The number of hydrogen-bond donors (Lipinski definition) is 1. The van der Waals surface area contributed by atoms with Gasteiger partial charge in [-0.3, -0.25) is 4.79 Å². The summed E-state index contributed by atoms with van der Waals surface area (Å²) in [5.41, 5.74) is 7.44. The van der Waals surface area contributed by atoms with Crippen LogP contribution in [-0.2, 0) is 6.54 Å². The highest BCUT2D eigenvalue weighted by Crippen LogP contribution is 2.18. The highest BCUT2D eigenvalue weighted by Gasteiger charge is 2.08. The monoisotopic (exact) mass is 322 g/mol. The van der Waals surface area contributed by atoms with Crippen molar-refractivity contribution in [3.63, 3.8) is 0 Å². The maximum absolute atomic E-state index is 11.8. The Hall–Kier alpha value is -1.66. The summed E-state index contributed by atoms with van der Waals surface area (Å²) >= 11 is 6.29. The average molecular weight is 322 g/mol. The van der Waals surface area contributed by atoms with Gasteiger partial charge in [0.05, 0.1) is 12.2 Å². The molecule has 1 aromatic carbocycles. The van der Waals surface area contributed by atoms with Crippen molar-refractivity contribution in [1.29, 1.82) is 0 Å². The minimum Gasteiger partial charge on any atom is -0.493 e. The van der Waals surface area contributed by atoms with Gasteiger partial charge in [0.15, 0.2) is 0 Å². The Labute approximate surface area is 133 Å². The number of hydrogen-bond acceptors (Lipinski definition) is 4.